The monoisotopic (exact) mass is 397 g/mol. The van der Waals surface area contributed by atoms with E-state index in [0.717, 1.165) is 37.8 Å². The van der Waals surface area contributed by atoms with E-state index in [9.17, 15) is 0 Å². The second-order valence-electron chi connectivity index (χ2n) is 8.90. The van der Waals surface area contributed by atoms with Crippen LogP contribution in [0.15, 0.2) is 41.7 Å². The van der Waals surface area contributed by atoms with E-state index in [4.69, 9.17) is 4.74 Å². The smallest absolute Gasteiger partial charge is 0.193 e. The second-order valence-corrected chi connectivity index (χ2v) is 8.90. The van der Waals surface area contributed by atoms with E-state index in [2.05, 4.69) is 65.5 Å². The molecule has 0 saturated carbocycles. The molecule has 158 valence electrons. The van der Waals surface area contributed by atoms with E-state index in [1.54, 1.807) is 0 Å². The fourth-order valence-corrected chi connectivity index (χ4v) is 3.97. The Morgan fingerprint density at radius 1 is 1.31 bits per heavy atom. The summed E-state index contributed by atoms with van der Waals surface area (Å²) in [5.74, 6) is 2.58. The molecule has 6 nitrogen and oxygen atoms in total. The second kappa shape index (κ2) is 9.33. The highest BCUT2D eigenvalue weighted by Crippen LogP contribution is 2.30. The summed E-state index contributed by atoms with van der Waals surface area (Å²) < 4.78 is 7.95. The van der Waals surface area contributed by atoms with Crippen molar-refractivity contribution in [3.05, 3.63) is 47.8 Å². The van der Waals surface area contributed by atoms with E-state index in [-0.39, 0.29) is 5.41 Å². The highest BCUT2D eigenvalue weighted by Gasteiger charge is 2.25. The Hall–Kier alpha value is -2.50. The Kier molecular flexibility index (Phi) is 6.83. The van der Waals surface area contributed by atoms with Gasteiger partial charge in [0.05, 0.1) is 12.7 Å². The molecular weight excluding hydrogens is 362 g/mol. The number of nitrogens with zero attached hydrogens (tertiary/aromatic N) is 4. The lowest BCUT2D eigenvalue weighted by atomic mass is 9.86. The van der Waals surface area contributed by atoms with Crippen molar-refractivity contribution in [2.75, 3.05) is 33.3 Å². The molecule has 1 fully saturated rings. The first-order chi connectivity index (χ1) is 13.9. The van der Waals surface area contributed by atoms with Crippen molar-refractivity contribution >= 4 is 5.96 Å². The van der Waals surface area contributed by atoms with Gasteiger partial charge in [-0.2, -0.15) is 5.10 Å². The molecule has 2 aromatic rings. The van der Waals surface area contributed by atoms with Crippen LogP contribution in [0.5, 0.6) is 5.75 Å². The van der Waals surface area contributed by atoms with E-state index >= 15 is 0 Å². The average Bonchev–Trinajstić information content (AvgIpc) is 3.30. The summed E-state index contributed by atoms with van der Waals surface area (Å²) in [5, 5.41) is 7.74. The van der Waals surface area contributed by atoms with Crippen LogP contribution in [0.4, 0.5) is 0 Å². The molecule has 29 heavy (non-hydrogen) atoms. The van der Waals surface area contributed by atoms with Crippen molar-refractivity contribution in [1.29, 1.82) is 0 Å². The molecule has 0 aliphatic carbocycles. The summed E-state index contributed by atoms with van der Waals surface area (Å²) in [6.07, 6.45) is 6.35. The number of likely N-dealkylation sites (tertiary alicyclic amines) is 1. The SMILES string of the molecule is CN=C(NCCOc1ccccc1C(C)(C)C)N1CCC(Cc2cnn(C)c2)C1. The van der Waals surface area contributed by atoms with Crippen molar-refractivity contribution in [3.63, 3.8) is 0 Å². The Morgan fingerprint density at radius 2 is 2.10 bits per heavy atom. The zero-order valence-electron chi connectivity index (χ0n) is 18.5. The summed E-state index contributed by atoms with van der Waals surface area (Å²) in [6, 6.07) is 8.31. The van der Waals surface area contributed by atoms with Crippen LogP contribution in [-0.4, -0.2) is 53.9 Å². The minimum atomic E-state index is 0.0683. The molecule has 1 aromatic heterocycles. The van der Waals surface area contributed by atoms with Gasteiger partial charge in [-0.15, -0.1) is 0 Å². The predicted octanol–water partition coefficient (Wildman–Crippen LogP) is 3.24. The van der Waals surface area contributed by atoms with Crippen molar-refractivity contribution in [3.8, 4) is 5.75 Å². The molecule has 1 aromatic carbocycles. The highest BCUT2D eigenvalue weighted by molar-refractivity contribution is 5.80. The van der Waals surface area contributed by atoms with Gasteiger partial charge in [0.25, 0.3) is 0 Å². The van der Waals surface area contributed by atoms with E-state index < -0.39 is 0 Å². The van der Waals surface area contributed by atoms with E-state index in [1.165, 1.54) is 17.5 Å². The average molecular weight is 398 g/mol. The number of ether oxygens (including phenoxy) is 1. The number of nitrogens with one attached hydrogen (secondary N) is 1. The van der Waals surface area contributed by atoms with Crippen LogP contribution in [0.25, 0.3) is 0 Å². The van der Waals surface area contributed by atoms with Crippen LogP contribution < -0.4 is 10.1 Å². The number of guanidine groups is 1. The topological polar surface area (TPSA) is 54.7 Å². The van der Waals surface area contributed by atoms with Gasteiger partial charge in [-0.1, -0.05) is 39.0 Å². The molecule has 6 heteroatoms. The lowest BCUT2D eigenvalue weighted by molar-refractivity contribution is 0.310. The number of rotatable bonds is 6. The fraction of sp³-hybridized carbons (Fsp3) is 0.565. The minimum Gasteiger partial charge on any atom is -0.491 e. The Morgan fingerprint density at radius 3 is 2.79 bits per heavy atom. The molecular formula is C23H35N5O. The maximum absolute atomic E-state index is 6.08. The molecule has 0 radical (unpaired) electrons. The lowest BCUT2D eigenvalue weighted by Gasteiger charge is -2.24. The first-order valence-electron chi connectivity index (χ1n) is 10.5. The number of aromatic nitrogens is 2. The molecule has 1 atom stereocenters. The molecule has 3 rings (SSSR count). The standard InChI is InChI=1S/C23H35N5O/c1-23(2,3)20-8-6-7-9-21(20)29-13-11-25-22(24-4)28-12-10-18(17-28)14-19-15-26-27(5)16-19/h6-9,15-16,18H,10-14,17H2,1-5H3,(H,24,25). The minimum absolute atomic E-state index is 0.0683. The Labute approximate surface area is 175 Å². The molecule has 1 N–H and O–H groups in total. The van der Waals surface area contributed by atoms with Gasteiger partial charge in [-0.05, 0) is 41.4 Å². The van der Waals surface area contributed by atoms with E-state index in [0.29, 0.717) is 12.5 Å². The normalized spacial score (nSPS) is 17.6. The van der Waals surface area contributed by atoms with Crippen molar-refractivity contribution < 1.29 is 4.74 Å². The molecule has 1 unspecified atom stereocenters. The van der Waals surface area contributed by atoms with Crippen molar-refractivity contribution in [1.82, 2.24) is 20.0 Å². The maximum Gasteiger partial charge on any atom is 0.193 e. The lowest BCUT2D eigenvalue weighted by Crippen LogP contribution is -2.41. The molecule has 0 spiro atoms. The van der Waals surface area contributed by atoms with Gasteiger partial charge in [-0.3, -0.25) is 9.67 Å². The summed E-state index contributed by atoms with van der Waals surface area (Å²) in [7, 11) is 3.82. The van der Waals surface area contributed by atoms with Crippen LogP contribution in [0.2, 0.25) is 0 Å². The highest BCUT2D eigenvalue weighted by atomic mass is 16.5. The number of benzene rings is 1. The van der Waals surface area contributed by atoms with Crippen LogP contribution >= 0.6 is 0 Å². The van der Waals surface area contributed by atoms with Gasteiger partial charge < -0.3 is 15.0 Å². The van der Waals surface area contributed by atoms with Gasteiger partial charge in [0.1, 0.15) is 12.4 Å². The van der Waals surface area contributed by atoms with Gasteiger partial charge in [0.15, 0.2) is 5.96 Å². The molecule has 0 bridgehead atoms. The van der Waals surface area contributed by atoms with Gasteiger partial charge in [-0.25, -0.2) is 0 Å². The molecule has 1 aliphatic rings. The van der Waals surface area contributed by atoms with Gasteiger partial charge >= 0.3 is 0 Å². The number of para-hydroxylation sites is 1. The van der Waals surface area contributed by atoms with Crippen molar-refractivity contribution in [2.45, 2.75) is 39.0 Å². The largest absolute Gasteiger partial charge is 0.491 e. The summed E-state index contributed by atoms with van der Waals surface area (Å²) in [6.45, 7) is 10.0. The first kappa shape index (κ1) is 21.2. The third kappa shape index (κ3) is 5.75. The molecule has 1 saturated heterocycles. The quantitative estimate of drug-likeness (QED) is 0.462. The number of aryl methyl sites for hydroxylation is 1. The molecule has 0 amide bonds. The maximum atomic E-state index is 6.08. The van der Waals surface area contributed by atoms with Gasteiger partial charge in [0.2, 0.25) is 0 Å². The van der Waals surface area contributed by atoms with Crippen LogP contribution in [0.1, 0.15) is 38.3 Å². The Balaban J connectivity index is 1.46. The predicted molar refractivity (Wildman–Crippen MR) is 119 cm³/mol. The third-order valence-electron chi connectivity index (χ3n) is 5.42. The molecule has 1 aliphatic heterocycles. The number of aliphatic imine (C=N–C) groups is 1. The third-order valence-corrected chi connectivity index (χ3v) is 5.42. The summed E-state index contributed by atoms with van der Waals surface area (Å²) in [5.41, 5.74) is 2.62. The van der Waals surface area contributed by atoms with Gasteiger partial charge in [0, 0.05) is 33.4 Å². The van der Waals surface area contributed by atoms with Crippen LogP contribution in [0, 0.1) is 5.92 Å². The Bertz CT molecular complexity index is 821. The van der Waals surface area contributed by atoms with Crippen LogP contribution in [0.3, 0.4) is 0 Å². The summed E-state index contributed by atoms with van der Waals surface area (Å²) >= 11 is 0. The zero-order chi connectivity index (χ0) is 20.9. The first-order valence-corrected chi connectivity index (χ1v) is 10.5. The van der Waals surface area contributed by atoms with Crippen LogP contribution in [-0.2, 0) is 18.9 Å². The van der Waals surface area contributed by atoms with Crippen molar-refractivity contribution in [2.24, 2.45) is 18.0 Å². The number of hydrogen-bond donors (Lipinski definition) is 1. The number of hydrogen-bond acceptors (Lipinski definition) is 3. The summed E-state index contributed by atoms with van der Waals surface area (Å²) in [4.78, 5) is 6.83. The zero-order valence-corrected chi connectivity index (χ0v) is 18.5. The van der Waals surface area contributed by atoms with E-state index in [1.807, 2.05) is 31.0 Å². The molecule has 2 heterocycles. The fourth-order valence-electron chi connectivity index (χ4n) is 3.97.